The summed E-state index contributed by atoms with van der Waals surface area (Å²) in [6.45, 7) is 0. The van der Waals surface area contributed by atoms with Gasteiger partial charge < -0.3 is 21.6 Å². The Labute approximate surface area is 115 Å². The van der Waals surface area contributed by atoms with Crippen LogP contribution in [0.3, 0.4) is 0 Å². The van der Waals surface area contributed by atoms with Gasteiger partial charge in [-0.15, -0.1) is 0 Å². The third-order valence-corrected chi connectivity index (χ3v) is 2.34. The minimum absolute atomic E-state index is 0. The molecular formula is C5H10NNaO4S3. The Kier molecular flexibility index (Phi) is 10.3. The van der Waals surface area contributed by atoms with Crippen LogP contribution in [-0.2, 0) is 29.8 Å². The Hall–Kier alpha value is 1.08. The largest absolute Gasteiger partial charge is 1.00 e. The molecule has 0 aliphatic carbocycles. The van der Waals surface area contributed by atoms with Gasteiger partial charge in [0.15, 0.2) is 9.15 Å². The third kappa shape index (κ3) is 9.63. The van der Waals surface area contributed by atoms with Crippen LogP contribution in [0.4, 0.5) is 0 Å². The van der Waals surface area contributed by atoms with Crippen molar-refractivity contribution in [2.24, 2.45) is 5.73 Å². The van der Waals surface area contributed by atoms with E-state index in [1.165, 1.54) is 11.8 Å². The molecule has 0 heterocycles. The predicted octanol–water partition coefficient (Wildman–Crippen LogP) is -3.59. The van der Waals surface area contributed by atoms with E-state index < -0.39 is 21.2 Å². The van der Waals surface area contributed by atoms with Crippen molar-refractivity contribution in [2.45, 2.75) is 12.5 Å². The van der Waals surface area contributed by atoms with E-state index in [9.17, 15) is 13.2 Å². The SMILES string of the molecule is CSCC[C@H](N)C(=O)OS(=O)(=O)[S-].[Na+]. The fourth-order valence-electron chi connectivity index (χ4n) is 0.525. The van der Waals surface area contributed by atoms with Crippen molar-refractivity contribution < 1.29 is 47.0 Å². The number of carbonyl (C=O) groups is 1. The van der Waals surface area contributed by atoms with E-state index in [2.05, 4.69) is 15.8 Å². The topological polar surface area (TPSA) is 86.5 Å². The molecule has 78 valence electrons. The number of thioether (sulfide) groups is 1. The van der Waals surface area contributed by atoms with E-state index in [4.69, 9.17) is 5.73 Å². The summed E-state index contributed by atoms with van der Waals surface area (Å²) in [5, 5.41) is 0. The molecule has 9 heteroatoms. The van der Waals surface area contributed by atoms with Crippen LogP contribution in [-0.4, -0.2) is 32.4 Å². The number of hydrogen-bond acceptors (Lipinski definition) is 7. The molecule has 5 nitrogen and oxygen atoms in total. The zero-order chi connectivity index (χ0) is 10.5. The summed E-state index contributed by atoms with van der Waals surface area (Å²) in [6.07, 6.45) is 2.22. The van der Waals surface area contributed by atoms with E-state index >= 15 is 0 Å². The molecular weight excluding hydrogens is 257 g/mol. The Balaban J connectivity index is 0. The average molecular weight is 267 g/mol. The molecule has 0 amide bonds. The summed E-state index contributed by atoms with van der Waals surface area (Å²) >= 11 is 5.36. The molecule has 0 aromatic heterocycles. The third-order valence-electron chi connectivity index (χ3n) is 1.12. The standard InChI is InChI=1S/C5H11NO4S3.Na/c1-12-3-2-4(6)5(7)10-13(8,9)11;/h4H,2-3,6H2,1H3,(H,8,9,11);/q;+1/p-1/t4-;/m0./s1. The summed E-state index contributed by atoms with van der Waals surface area (Å²) in [7, 11) is -4.15. The van der Waals surface area contributed by atoms with Crippen molar-refractivity contribution >= 4 is 38.5 Å². The summed E-state index contributed by atoms with van der Waals surface area (Å²) in [6, 6.07) is -0.926. The summed E-state index contributed by atoms with van der Waals surface area (Å²) in [4.78, 5) is 10.9. The monoisotopic (exact) mass is 267 g/mol. The second-order valence-corrected chi connectivity index (χ2v) is 5.39. The summed E-state index contributed by atoms with van der Waals surface area (Å²) in [5.41, 5.74) is 5.31. The van der Waals surface area contributed by atoms with E-state index in [-0.39, 0.29) is 29.6 Å². The van der Waals surface area contributed by atoms with Crippen LogP contribution in [0.1, 0.15) is 6.42 Å². The molecule has 14 heavy (non-hydrogen) atoms. The summed E-state index contributed by atoms with van der Waals surface area (Å²) in [5.74, 6) is -0.336. The average Bonchev–Trinajstić information content (AvgIpc) is 1.96. The zero-order valence-electron chi connectivity index (χ0n) is 7.93. The zero-order valence-corrected chi connectivity index (χ0v) is 12.4. The van der Waals surface area contributed by atoms with Crippen molar-refractivity contribution in [2.75, 3.05) is 12.0 Å². The van der Waals surface area contributed by atoms with Crippen LogP contribution in [0.2, 0.25) is 0 Å². The quantitative estimate of drug-likeness (QED) is 0.313. The fourth-order valence-corrected chi connectivity index (χ4v) is 1.54. The number of carbonyl (C=O) groups excluding carboxylic acids is 1. The maximum absolute atomic E-state index is 10.9. The Morgan fingerprint density at radius 3 is 2.50 bits per heavy atom. The van der Waals surface area contributed by atoms with Crippen molar-refractivity contribution in [3.8, 4) is 0 Å². The van der Waals surface area contributed by atoms with Gasteiger partial charge in [-0.25, -0.2) is 13.2 Å². The van der Waals surface area contributed by atoms with E-state index in [0.29, 0.717) is 12.2 Å². The normalized spacial score (nSPS) is 12.8. The minimum atomic E-state index is -4.15. The second kappa shape index (κ2) is 8.26. The van der Waals surface area contributed by atoms with Gasteiger partial charge in [0, 0.05) is 0 Å². The number of nitrogens with two attached hydrogens (primary N) is 1. The maximum Gasteiger partial charge on any atom is 1.00 e. The molecule has 2 N–H and O–H groups in total. The maximum atomic E-state index is 10.9. The van der Waals surface area contributed by atoms with Gasteiger partial charge in [-0.2, -0.15) is 11.8 Å². The minimum Gasteiger partial charge on any atom is -0.606 e. The van der Waals surface area contributed by atoms with Crippen LogP contribution in [0.15, 0.2) is 0 Å². The van der Waals surface area contributed by atoms with Gasteiger partial charge >= 0.3 is 35.5 Å². The van der Waals surface area contributed by atoms with Crippen molar-refractivity contribution in [1.29, 1.82) is 0 Å². The van der Waals surface area contributed by atoms with Gasteiger partial charge in [-0.05, 0) is 18.4 Å². The number of rotatable bonds is 5. The molecule has 0 spiro atoms. The van der Waals surface area contributed by atoms with Gasteiger partial charge in [0.05, 0.1) is 0 Å². The van der Waals surface area contributed by atoms with Crippen molar-refractivity contribution in [3.63, 3.8) is 0 Å². The summed E-state index contributed by atoms with van der Waals surface area (Å²) < 4.78 is 24.6. The fraction of sp³-hybridized carbons (Fsp3) is 0.800. The molecule has 0 aromatic carbocycles. The molecule has 0 bridgehead atoms. The Morgan fingerprint density at radius 2 is 2.14 bits per heavy atom. The van der Waals surface area contributed by atoms with Gasteiger partial charge in [0.25, 0.3) is 0 Å². The van der Waals surface area contributed by atoms with Gasteiger partial charge in [-0.3, -0.25) is 0 Å². The molecule has 0 aromatic rings. The van der Waals surface area contributed by atoms with Crippen LogP contribution >= 0.6 is 11.8 Å². The van der Waals surface area contributed by atoms with Crippen molar-refractivity contribution in [1.82, 2.24) is 0 Å². The smallest absolute Gasteiger partial charge is 0.606 e. The Bertz CT molecular complexity index is 268. The second-order valence-electron chi connectivity index (χ2n) is 2.20. The number of hydrogen-bond donors (Lipinski definition) is 1. The first-order valence-corrected chi connectivity index (χ1v) is 7.03. The molecule has 0 fully saturated rings. The molecule has 1 atom stereocenters. The van der Waals surface area contributed by atoms with Crippen LogP contribution in [0, 0.1) is 0 Å². The van der Waals surface area contributed by atoms with Gasteiger partial charge in [0.1, 0.15) is 6.04 Å². The van der Waals surface area contributed by atoms with E-state index in [1.54, 1.807) is 0 Å². The van der Waals surface area contributed by atoms with Crippen LogP contribution in [0.25, 0.3) is 0 Å². The molecule has 0 saturated heterocycles. The van der Waals surface area contributed by atoms with Crippen molar-refractivity contribution in [3.05, 3.63) is 0 Å². The van der Waals surface area contributed by atoms with Gasteiger partial charge in [0.2, 0.25) is 0 Å². The molecule has 0 aliphatic heterocycles. The first kappa shape index (κ1) is 17.5. The molecule has 0 rings (SSSR count). The first-order chi connectivity index (χ1) is 5.87. The van der Waals surface area contributed by atoms with Crippen LogP contribution < -0.4 is 35.3 Å². The molecule has 0 saturated carbocycles. The van der Waals surface area contributed by atoms with E-state index in [0.717, 1.165) is 0 Å². The molecule has 0 aliphatic rings. The molecule has 0 unspecified atom stereocenters. The van der Waals surface area contributed by atoms with Gasteiger partial charge in [-0.1, -0.05) is 0 Å². The Morgan fingerprint density at radius 1 is 1.64 bits per heavy atom. The predicted molar refractivity (Wildman–Crippen MR) is 53.4 cm³/mol. The first-order valence-electron chi connectivity index (χ1n) is 3.30. The molecule has 0 radical (unpaired) electrons. The van der Waals surface area contributed by atoms with E-state index in [1.807, 2.05) is 6.26 Å². The van der Waals surface area contributed by atoms with Crippen LogP contribution in [0.5, 0.6) is 0 Å².